The van der Waals surface area contributed by atoms with Crippen molar-refractivity contribution in [3.8, 4) is 0 Å². The van der Waals surface area contributed by atoms with Crippen LogP contribution in [-0.2, 0) is 6.18 Å². The fraction of sp³-hybridized carbons (Fsp3) is 0.133. The van der Waals surface area contributed by atoms with Crippen LogP contribution in [0.2, 0.25) is 0 Å². The first-order valence-electron chi connectivity index (χ1n) is 6.28. The topological polar surface area (TPSA) is 41.1 Å². The van der Waals surface area contributed by atoms with Gasteiger partial charge in [0.05, 0.1) is 11.3 Å². The van der Waals surface area contributed by atoms with Crippen LogP contribution in [0.1, 0.15) is 11.1 Å². The third-order valence-corrected chi connectivity index (χ3v) is 2.94. The van der Waals surface area contributed by atoms with Gasteiger partial charge >= 0.3 is 12.2 Å². The van der Waals surface area contributed by atoms with Gasteiger partial charge in [-0.1, -0.05) is 18.2 Å². The normalized spacial score (nSPS) is 11.1. The summed E-state index contributed by atoms with van der Waals surface area (Å²) >= 11 is 0. The molecule has 0 unspecified atom stereocenters. The molecule has 0 aliphatic carbocycles. The van der Waals surface area contributed by atoms with E-state index in [-0.39, 0.29) is 0 Å². The van der Waals surface area contributed by atoms with Crippen LogP contribution >= 0.6 is 0 Å². The molecule has 2 aromatic carbocycles. The Morgan fingerprint density at radius 3 is 2.27 bits per heavy atom. The van der Waals surface area contributed by atoms with E-state index in [1.807, 2.05) is 0 Å². The Hall–Kier alpha value is -2.57. The molecule has 0 radical (unpaired) electrons. The number of anilines is 2. The third kappa shape index (κ3) is 3.75. The summed E-state index contributed by atoms with van der Waals surface area (Å²) < 4.78 is 51.3. The quantitative estimate of drug-likeness (QED) is 0.769. The summed E-state index contributed by atoms with van der Waals surface area (Å²) in [6.45, 7) is 1.75. The van der Waals surface area contributed by atoms with E-state index < -0.39 is 29.3 Å². The number of rotatable bonds is 2. The highest BCUT2D eigenvalue weighted by Crippen LogP contribution is 2.31. The highest BCUT2D eigenvalue weighted by molar-refractivity contribution is 6.00. The summed E-state index contributed by atoms with van der Waals surface area (Å²) in [7, 11) is 0. The number of alkyl halides is 3. The molecule has 116 valence electrons. The summed E-state index contributed by atoms with van der Waals surface area (Å²) in [6, 6.07) is 7.82. The maximum absolute atomic E-state index is 13.5. The lowest BCUT2D eigenvalue weighted by atomic mass is 10.2. The second kappa shape index (κ2) is 6.05. The molecule has 22 heavy (non-hydrogen) atoms. The lowest BCUT2D eigenvalue weighted by Crippen LogP contribution is -2.21. The van der Waals surface area contributed by atoms with Crippen LogP contribution in [0.25, 0.3) is 0 Å². The molecule has 0 aromatic heterocycles. The molecule has 0 fully saturated rings. The molecule has 0 aliphatic rings. The molecule has 3 nitrogen and oxygen atoms in total. The van der Waals surface area contributed by atoms with Gasteiger partial charge in [-0.05, 0) is 36.8 Å². The molecule has 0 spiro atoms. The van der Waals surface area contributed by atoms with Gasteiger partial charge in [-0.2, -0.15) is 13.2 Å². The van der Waals surface area contributed by atoms with E-state index in [1.54, 1.807) is 31.2 Å². The highest BCUT2D eigenvalue weighted by atomic mass is 19.4. The molecular weight excluding hydrogens is 300 g/mol. The maximum atomic E-state index is 13.5. The van der Waals surface area contributed by atoms with Crippen molar-refractivity contribution in [2.75, 3.05) is 10.6 Å². The van der Waals surface area contributed by atoms with E-state index in [1.165, 1.54) is 0 Å². The van der Waals surface area contributed by atoms with Crippen LogP contribution in [-0.4, -0.2) is 6.03 Å². The van der Waals surface area contributed by atoms with Gasteiger partial charge in [-0.25, -0.2) is 9.18 Å². The lowest BCUT2D eigenvalue weighted by molar-refractivity contribution is -0.137. The zero-order valence-corrected chi connectivity index (χ0v) is 11.5. The van der Waals surface area contributed by atoms with Crippen molar-refractivity contribution in [1.82, 2.24) is 0 Å². The summed E-state index contributed by atoms with van der Waals surface area (Å²) in [5.74, 6) is -0.951. The molecule has 2 aromatic rings. The van der Waals surface area contributed by atoms with Crippen LogP contribution in [0.5, 0.6) is 0 Å². The largest absolute Gasteiger partial charge is 0.416 e. The zero-order valence-electron chi connectivity index (χ0n) is 11.5. The summed E-state index contributed by atoms with van der Waals surface area (Å²) in [5, 5.41) is 4.52. The predicted molar refractivity (Wildman–Crippen MR) is 75.2 cm³/mol. The van der Waals surface area contributed by atoms with E-state index in [4.69, 9.17) is 0 Å². The predicted octanol–water partition coefficient (Wildman–Crippen LogP) is 4.80. The molecule has 2 amide bonds. The SMILES string of the molecule is Cc1ccccc1NC(=O)Nc1cc(C(F)(F)F)ccc1F. The number of para-hydroxylation sites is 1. The maximum Gasteiger partial charge on any atom is 0.416 e. The van der Waals surface area contributed by atoms with Crippen LogP contribution in [0.3, 0.4) is 0 Å². The smallest absolute Gasteiger partial charge is 0.307 e. The summed E-state index contributed by atoms with van der Waals surface area (Å²) in [4.78, 5) is 11.8. The monoisotopic (exact) mass is 312 g/mol. The van der Waals surface area contributed by atoms with Crippen molar-refractivity contribution in [2.24, 2.45) is 0 Å². The Balaban J connectivity index is 2.17. The van der Waals surface area contributed by atoms with Gasteiger partial charge in [0, 0.05) is 5.69 Å². The first kappa shape index (κ1) is 15.8. The number of urea groups is 1. The fourth-order valence-corrected chi connectivity index (χ4v) is 1.79. The first-order valence-corrected chi connectivity index (χ1v) is 6.28. The number of carbonyl (C=O) groups is 1. The molecule has 0 saturated carbocycles. The van der Waals surface area contributed by atoms with Gasteiger partial charge in [0.25, 0.3) is 0 Å². The average molecular weight is 312 g/mol. The lowest BCUT2D eigenvalue weighted by Gasteiger charge is -2.12. The minimum Gasteiger partial charge on any atom is -0.307 e. The second-order valence-electron chi connectivity index (χ2n) is 4.59. The van der Waals surface area contributed by atoms with Gasteiger partial charge in [-0.15, -0.1) is 0 Å². The standard InChI is InChI=1S/C15H12F4N2O/c1-9-4-2-3-5-12(9)20-14(22)21-13-8-10(15(17,18)19)6-7-11(13)16/h2-8H,1H3,(H2,20,21,22). The van der Waals surface area contributed by atoms with Crippen molar-refractivity contribution >= 4 is 17.4 Å². The molecule has 0 saturated heterocycles. The van der Waals surface area contributed by atoms with Crippen molar-refractivity contribution in [3.05, 3.63) is 59.4 Å². The van der Waals surface area contributed by atoms with E-state index in [2.05, 4.69) is 10.6 Å². The number of halogens is 4. The highest BCUT2D eigenvalue weighted by Gasteiger charge is 2.31. The van der Waals surface area contributed by atoms with Crippen molar-refractivity contribution in [2.45, 2.75) is 13.1 Å². The third-order valence-electron chi connectivity index (χ3n) is 2.94. The Morgan fingerprint density at radius 1 is 1.00 bits per heavy atom. The van der Waals surface area contributed by atoms with Crippen LogP contribution < -0.4 is 10.6 Å². The molecule has 0 bridgehead atoms. The van der Waals surface area contributed by atoms with Gasteiger partial charge < -0.3 is 10.6 Å². The van der Waals surface area contributed by atoms with Crippen molar-refractivity contribution in [3.63, 3.8) is 0 Å². The molecule has 2 N–H and O–H groups in total. The van der Waals surface area contributed by atoms with Gasteiger partial charge in [-0.3, -0.25) is 0 Å². The molecule has 0 heterocycles. The number of aryl methyl sites for hydroxylation is 1. The van der Waals surface area contributed by atoms with Crippen molar-refractivity contribution < 1.29 is 22.4 Å². The number of benzene rings is 2. The zero-order chi connectivity index (χ0) is 16.3. The Morgan fingerprint density at radius 2 is 1.64 bits per heavy atom. The fourth-order valence-electron chi connectivity index (χ4n) is 1.79. The Kier molecular flexibility index (Phi) is 4.35. The van der Waals surface area contributed by atoms with E-state index in [0.717, 1.165) is 5.56 Å². The van der Waals surface area contributed by atoms with Crippen LogP contribution in [0, 0.1) is 12.7 Å². The second-order valence-corrected chi connectivity index (χ2v) is 4.59. The minimum absolute atomic E-state index is 0.479. The van der Waals surface area contributed by atoms with E-state index in [9.17, 15) is 22.4 Å². The molecule has 0 atom stereocenters. The molecule has 7 heteroatoms. The number of hydrogen-bond acceptors (Lipinski definition) is 1. The Labute approximate surface area is 124 Å². The molecule has 2 rings (SSSR count). The number of amides is 2. The van der Waals surface area contributed by atoms with Gasteiger partial charge in [0.15, 0.2) is 0 Å². The van der Waals surface area contributed by atoms with E-state index in [0.29, 0.717) is 23.9 Å². The first-order chi connectivity index (χ1) is 10.3. The number of hydrogen-bond donors (Lipinski definition) is 2. The van der Waals surface area contributed by atoms with Crippen LogP contribution in [0.15, 0.2) is 42.5 Å². The summed E-state index contributed by atoms with van der Waals surface area (Å²) in [6.07, 6.45) is -4.61. The molecule has 0 aliphatic heterocycles. The van der Waals surface area contributed by atoms with Gasteiger partial charge in [0.1, 0.15) is 5.82 Å². The van der Waals surface area contributed by atoms with E-state index >= 15 is 0 Å². The van der Waals surface area contributed by atoms with Crippen molar-refractivity contribution in [1.29, 1.82) is 0 Å². The van der Waals surface area contributed by atoms with Gasteiger partial charge in [0.2, 0.25) is 0 Å². The molecular formula is C15H12F4N2O. The Bertz CT molecular complexity index is 698. The number of carbonyl (C=O) groups excluding carboxylic acids is 1. The minimum atomic E-state index is -4.61. The van der Waals surface area contributed by atoms with Crippen LogP contribution in [0.4, 0.5) is 33.7 Å². The summed E-state index contributed by atoms with van der Waals surface area (Å²) in [5.41, 5.74) is -0.337. The average Bonchev–Trinajstić information content (AvgIpc) is 2.42. The number of nitrogens with one attached hydrogen (secondary N) is 2.